The molecule has 0 aromatic heterocycles. The molecule has 2 unspecified atom stereocenters. The van der Waals surface area contributed by atoms with E-state index in [1.807, 2.05) is 0 Å². The van der Waals surface area contributed by atoms with Crippen molar-refractivity contribution in [1.29, 1.82) is 0 Å². The monoisotopic (exact) mass is 1280 g/mol. The number of unbranched alkanes of at least 4 members (excludes halogenated alkanes) is 38. The fourth-order valence-corrected chi connectivity index (χ4v) is 12.1. The molecule has 0 aliphatic carbocycles. The number of amides is 2. The Bertz CT molecular complexity index is 1640. The predicted octanol–water partition coefficient (Wildman–Crippen LogP) is 19.4. The Kier molecular flexibility index (Phi) is 64.7. The summed E-state index contributed by atoms with van der Waals surface area (Å²) in [4.78, 5) is 80.5. The highest BCUT2D eigenvalue weighted by molar-refractivity contribution is 5.96. The molecule has 0 spiro atoms. The van der Waals surface area contributed by atoms with Gasteiger partial charge in [-0.1, -0.05) is 246 Å². The normalized spacial score (nSPS) is 12.2. The van der Waals surface area contributed by atoms with E-state index in [1.165, 1.54) is 154 Å². The number of carbonyl (C=O) groups is 6. The first-order valence-electron chi connectivity index (χ1n) is 38.6. The molecule has 530 valence electrons. The predicted molar refractivity (Wildman–Crippen MR) is 375 cm³/mol. The zero-order valence-electron chi connectivity index (χ0n) is 59.9. The smallest absolute Gasteiger partial charge is 0.306 e. The van der Waals surface area contributed by atoms with Crippen molar-refractivity contribution in [2.24, 2.45) is 0 Å². The van der Waals surface area contributed by atoms with Gasteiger partial charge in [-0.15, -0.1) is 0 Å². The zero-order chi connectivity index (χ0) is 66.0. The minimum Gasteiger partial charge on any atom is -0.481 e. The van der Waals surface area contributed by atoms with E-state index in [9.17, 15) is 28.8 Å². The van der Waals surface area contributed by atoms with Crippen LogP contribution in [0.15, 0.2) is 0 Å². The van der Waals surface area contributed by atoms with E-state index < -0.39 is 5.97 Å². The molecule has 0 aliphatic heterocycles. The van der Waals surface area contributed by atoms with Gasteiger partial charge in [-0.05, 0) is 130 Å². The van der Waals surface area contributed by atoms with Crippen LogP contribution in [0, 0.1) is 0 Å². The second-order valence-corrected chi connectivity index (χ2v) is 26.9. The summed E-state index contributed by atoms with van der Waals surface area (Å²) in [5.74, 6) is -1.61. The first kappa shape index (κ1) is 86.7. The van der Waals surface area contributed by atoms with E-state index in [2.05, 4.69) is 62.0 Å². The van der Waals surface area contributed by atoms with Crippen LogP contribution in [0.25, 0.3) is 0 Å². The van der Waals surface area contributed by atoms with Gasteiger partial charge < -0.3 is 30.0 Å². The first-order valence-corrected chi connectivity index (χ1v) is 38.6. The standard InChI is InChI=1S/C76H146N4O10/c1-7-11-15-19-23-25-27-37-51-63-88-74(85)56-45-39-49-61-79(59-47-35-29-33-43-55-73(83)84)68(5)66-77-71(81)65-72(82)78-67-69(6)80(62-50-40-46-57-75(86)89-64-52-38-28-26-24-20-16-12-8-2)60-48-36-30-34-44-58-76(87)90-70(53-41-31-21-17-13-9-3)54-42-32-22-18-14-10-4/h68-70H,7-67H2,1-6H3,(H,77,81)(H,78,82)(H,83,84). The number of hydrogen-bond acceptors (Lipinski definition) is 11. The highest BCUT2D eigenvalue weighted by atomic mass is 16.5. The van der Waals surface area contributed by atoms with Crippen molar-refractivity contribution in [1.82, 2.24) is 20.4 Å². The number of nitrogens with zero attached hydrogens (tertiary/aromatic N) is 2. The molecule has 0 radical (unpaired) electrons. The highest BCUT2D eigenvalue weighted by Crippen LogP contribution is 2.20. The molecule has 0 bridgehead atoms. The average molecular weight is 1280 g/mol. The molecule has 90 heavy (non-hydrogen) atoms. The third-order valence-electron chi connectivity index (χ3n) is 18.2. The molecule has 0 aromatic rings. The maximum atomic E-state index is 13.3. The Morgan fingerprint density at radius 1 is 0.333 bits per heavy atom. The minimum absolute atomic E-state index is 0.0374. The number of hydrogen-bond donors (Lipinski definition) is 3. The minimum atomic E-state index is -0.752. The lowest BCUT2D eigenvalue weighted by molar-refractivity contribution is -0.150. The lowest BCUT2D eigenvalue weighted by Crippen LogP contribution is -2.45. The van der Waals surface area contributed by atoms with Gasteiger partial charge in [0.2, 0.25) is 11.8 Å². The van der Waals surface area contributed by atoms with Crippen molar-refractivity contribution in [3.8, 4) is 0 Å². The molecule has 0 saturated carbocycles. The van der Waals surface area contributed by atoms with E-state index in [-0.39, 0.29) is 60.8 Å². The van der Waals surface area contributed by atoms with E-state index in [0.717, 1.165) is 174 Å². The third kappa shape index (κ3) is 60.9. The van der Waals surface area contributed by atoms with E-state index >= 15 is 0 Å². The topological polar surface area (TPSA) is 181 Å². The van der Waals surface area contributed by atoms with Gasteiger partial charge in [0.25, 0.3) is 0 Å². The van der Waals surface area contributed by atoms with Crippen LogP contribution in [0.3, 0.4) is 0 Å². The highest BCUT2D eigenvalue weighted by Gasteiger charge is 2.20. The van der Waals surface area contributed by atoms with Crippen molar-refractivity contribution in [3.05, 3.63) is 0 Å². The number of esters is 3. The molecule has 0 aromatic carbocycles. The van der Waals surface area contributed by atoms with Gasteiger partial charge in [0.1, 0.15) is 12.5 Å². The van der Waals surface area contributed by atoms with Crippen LogP contribution in [-0.4, -0.2) is 121 Å². The zero-order valence-corrected chi connectivity index (χ0v) is 59.9. The van der Waals surface area contributed by atoms with Crippen LogP contribution in [0.4, 0.5) is 0 Å². The first-order chi connectivity index (χ1) is 43.9. The van der Waals surface area contributed by atoms with Gasteiger partial charge in [0, 0.05) is 50.9 Å². The fourth-order valence-electron chi connectivity index (χ4n) is 12.1. The van der Waals surface area contributed by atoms with Crippen LogP contribution in [0.1, 0.15) is 382 Å². The van der Waals surface area contributed by atoms with Gasteiger partial charge in [-0.2, -0.15) is 0 Å². The Hall–Kier alpha value is -3.26. The summed E-state index contributed by atoms with van der Waals surface area (Å²) in [6.07, 6.45) is 55.1. The molecule has 0 heterocycles. The maximum Gasteiger partial charge on any atom is 0.306 e. The Morgan fingerprint density at radius 3 is 0.933 bits per heavy atom. The van der Waals surface area contributed by atoms with Gasteiger partial charge in [0.15, 0.2) is 0 Å². The number of carboxylic acid groups (broad SMARTS) is 1. The summed E-state index contributed by atoms with van der Waals surface area (Å²) in [5, 5.41) is 15.1. The van der Waals surface area contributed by atoms with E-state index in [4.69, 9.17) is 19.3 Å². The number of nitrogens with one attached hydrogen (secondary N) is 2. The number of aliphatic carboxylic acids is 1. The van der Waals surface area contributed by atoms with Gasteiger partial charge in [-0.25, -0.2) is 0 Å². The Balaban J connectivity index is 5.26. The number of ether oxygens (including phenoxy) is 3. The summed E-state index contributed by atoms with van der Waals surface area (Å²) in [5.41, 5.74) is 0. The number of carbonyl (C=O) groups excluding carboxylic acids is 5. The van der Waals surface area contributed by atoms with Crippen molar-refractivity contribution in [2.45, 2.75) is 400 Å². The third-order valence-corrected chi connectivity index (χ3v) is 18.2. The summed E-state index contributed by atoms with van der Waals surface area (Å²) in [7, 11) is 0. The average Bonchev–Trinajstić information content (AvgIpc) is 3.74. The molecule has 0 saturated heterocycles. The number of rotatable bonds is 71. The molecule has 2 atom stereocenters. The summed E-state index contributed by atoms with van der Waals surface area (Å²) in [6, 6.07) is 0.0945. The molecule has 2 amide bonds. The van der Waals surface area contributed by atoms with Crippen LogP contribution < -0.4 is 10.6 Å². The molecule has 3 N–H and O–H groups in total. The molecular formula is C76H146N4O10. The van der Waals surface area contributed by atoms with Crippen LogP contribution >= 0.6 is 0 Å². The molecule has 14 heteroatoms. The Labute approximate surface area is 554 Å². The SMILES string of the molecule is CCCCCCCCCCCOC(=O)CCCCCN(CCCCCCCC(=O)O)C(C)CNC(=O)CC(=O)NCC(C)N(CCCCCCCC(=O)OC(CCCCCCCC)CCCCCCCC)CCCCCC(=O)OCCCCCCCCCCC. The van der Waals surface area contributed by atoms with Crippen LogP contribution in [0.2, 0.25) is 0 Å². The maximum absolute atomic E-state index is 13.3. The Morgan fingerprint density at radius 2 is 0.600 bits per heavy atom. The van der Waals surface area contributed by atoms with Gasteiger partial charge in [0.05, 0.1) is 13.2 Å². The lowest BCUT2D eigenvalue weighted by atomic mass is 10.0. The van der Waals surface area contributed by atoms with Crippen molar-refractivity contribution in [2.75, 3.05) is 52.5 Å². The molecule has 14 nitrogen and oxygen atoms in total. The largest absolute Gasteiger partial charge is 0.481 e. The van der Waals surface area contributed by atoms with Gasteiger partial charge >= 0.3 is 23.9 Å². The molecule has 0 rings (SSSR count). The second kappa shape index (κ2) is 67.2. The summed E-state index contributed by atoms with van der Waals surface area (Å²) < 4.78 is 17.2. The quantitative estimate of drug-likeness (QED) is 0.0227. The van der Waals surface area contributed by atoms with E-state index in [1.54, 1.807) is 0 Å². The second-order valence-electron chi connectivity index (χ2n) is 26.9. The van der Waals surface area contributed by atoms with Crippen molar-refractivity contribution < 1.29 is 48.1 Å². The van der Waals surface area contributed by atoms with E-state index in [0.29, 0.717) is 52.0 Å². The van der Waals surface area contributed by atoms with Crippen LogP contribution in [0.5, 0.6) is 0 Å². The number of carboxylic acids is 1. The fraction of sp³-hybridized carbons (Fsp3) is 0.921. The lowest BCUT2D eigenvalue weighted by Gasteiger charge is -2.30. The van der Waals surface area contributed by atoms with Gasteiger partial charge in [-0.3, -0.25) is 38.6 Å². The van der Waals surface area contributed by atoms with Crippen molar-refractivity contribution in [3.63, 3.8) is 0 Å². The van der Waals surface area contributed by atoms with Crippen molar-refractivity contribution >= 4 is 35.7 Å². The summed E-state index contributed by atoms with van der Waals surface area (Å²) >= 11 is 0. The molecular weight excluding hydrogens is 1130 g/mol. The summed E-state index contributed by atoms with van der Waals surface area (Å²) in [6.45, 7) is 18.5. The molecule has 0 aliphatic rings. The van der Waals surface area contributed by atoms with Crippen LogP contribution in [-0.2, 0) is 43.0 Å². The molecule has 0 fully saturated rings.